The fraction of sp³-hybridized carbons (Fsp3) is 0.762. The SMILES string of the molecule is C=C(C)C(=O)OCCNC(=O)OC(C)CC.CCC(C)O.CCC(C)OC(C)=O. The van der Waals surface area contributed by atoms with Crippen molar-refractivity contribution in [2.75, 3.05) is 13.2 Å². The molecule has 0 saturated carbocycles. The second kappa shape index (κ2) is 20.6. The van der Waals surface area contributed by atoms with Crippen LogP contribution in [-0.2, 0) is 23.8 Å². The van der Waals surface area contributed by atoms with Crippen molar-refractivity contribution in [2.24, 2.45) is 0 Å². The van der Waals surface area contributed by atoms with E-state index in [0.29, 0.717) is 5.57 Å². The van der Waals surface area contributed by atoms with Crippen LogP contribution in [-0.4, -0.2) is 54.6 Å². The lowest BCUT2D eigenvalue weighted by Crippen LogP contribution is -2.31. The third-order valence-corrected chi connectivity index (χ3v) is 3.37. The Hall–Kier alpha value is -2.09. The Morgan fingerprint density at radius 1 is 0.931 bits per heavy atom. The molecule has 8 nitrogen and oxygen atoms in total. The molecule has 0 spiro atoms. The summed E-state index contributed by atoms with van der Waals surface area (Å²) in [5.74, 6) is -0.656. The van der Waals surface area contributed by atoms with Gasteiger partial charge in [-0.25, -0.2) is 9.59 Å². The number of amides is 1. The third-order valence-electron chi connectivity index (χ3n) is 3.37. The van der Waals surface area contributed by atoms with Gasteiger partial charge in [-0.3, -0.25) is 4.79 Å². The highest BCUT2D eigenvalue weighted by molar-refractivity contribution is 5.86. The molecule has 0 aromatic carbocycles. The number of carbonyl (C=O) groups excluding carboxylic acids is 3. The van der Waals surface area contributed by atoms with Crippen molar-refractivity contribution in [2.45, 2.75) is 93.0 Å². The first-order valence-corrected chi connectivity index (χ1v) is 10.0. The van der Waals surface area contributed by atoms with Gasteiger partial charge >= 0.3 is 18.0 Å². The number of esters is 2. The molecule has 8 heteroatoms. The summed E-state index contributed by atoms with van der Waals surface area (Å²) in [6.45, 7) is 18.1. The van der Waals surface area contributed by atoms with Crippen LogP contribution in [0.5, 0.6) is 0 Å². The summed E-state index contributed by atoms with van der Waals surface area (Å²) in [5, 5.41) is 10.8. The summed E-state index contributed by atoms with van der Waals surface area (Å²) in [4.78, 5) is 32.2. The lowest BCUT2D eigenvalue weighted by Gasteiger charge is -2.11. The molecule has 0 aromatic heterocycles. The highest BCUT2D eigenvalue weighted by Crippen LogP contribution is 1.96. The van der Waals surface area contributed by atoms with Gasteiger partial charge in [-0.15, -0.1) is 0 Å². The van der Waals surface area contributed by atoms with E-state index in [0.717, 1.165) is 19.3 Å². The van der Waals surface area contributed by atoms with Gasteiger partial charge in [-0.1, -0.05) is 27.4 Å². The lowest BCUT2D eigenvalue weighted by molar-refractivity contribution is -0.145. The fourth-order valence-corrected chi connectivity index (χ4v) is 1.09. The van der Waals surface area contributed by atoms with E-state index in [1.165, 1.54) is 6.92 Å². The van der Waals surface area contributed by atoms with E-state index in [1.54, 1.807) is 20.8 Å². The maximum Gasteiger partial charge on any atom is 0.407 e. The van der Waals surface area contributed by atoms with Crippen molar-refractivity contribution >= 4 is 18.0 Å². The molecule has 0 saturated heterocycles. The van der Waals surface area contributed by atoms with E-state index in [9.17, 15) is 14.4 Å². The van der Waals surface area contributed by atoms with Crippen LogP contribution in [0.1, 0.15) is 74.7 Å². The molecule has 0 aromatic rings. The molecule has 0 aliphatic heterocycles. The Morgan fingerprint density at radius 3 is 1.69 bits per heavy atom. The van der Waals surface area contributed by atoms with Crippen LogP contribution in [0.4, 0.5) is 4.79 Å². The molecule has 1 amide bonds. The summed E-state index contributed by atoms with van der Waals surface area (Å²) >= 11 is 0. The zero-order chi connectivity index (χ0) is 23.4. The highest BCUT2D eigenvalue weighted by Gasteiger charge is 2.07. The summed E-state index contributed by atoms with van der Waals surface area (Å²) in [6, 6.07) is 0. The molecule has 3 unspecified atom stereocenters. The minimum Gasteiger partial charge on any atom is -0.463 e. The Balaban J connectivity index is -0.000000430. The Kier molecular flexibility index (Phi) is 22.5. The van der Waals surface area contributed by atoms with Crippen LogP contribution in [0.2, 0.25) is 0 Å². The second-order valence-corrected chi connectivity index (χ2v) is 6.55. The minimum absolute atomic E-state index is 0.0764. The van der Waals surface area contributed by atoms with Gasteiger partial charge in [-0.05, 0) is 47.0 Å². The van der Waals surface area contributed by atoms with Crippen LogP contribution in [0, 0.1) is 0 Å². The maximum atomic E-state index is 11.1. The minimum atomic E-state index is -0.499. The van der Waals surface area contributed by atoms with Crippen LogP contribution in [0.25, 0.3) is 0 Å². The number of alkyl carbamates (subject to hydrolysis) is 1. The number of hydrogen-bond donors (Lipinski definition) is 2. The van der Waals surface area contributed by atoms with E-state index in [4.69, 9.17) is 19.3 Å². The zero-order valence-electron chi connectivity index (χ0n) is 19.4. The molecule has 0 fully saturated rings. The maximum absolute atomic E-state index is 11.1. The molecule has 2 N–H and O–H groups in total. The number of aliphatic hydroxyl groups is 1. The summed E-state index contributed by atoms with van der Waals surface area (Å²) < 4.78 is 14.5. The average molecular weight is 420 g/mol. The van der Waals surface area contributed by atoms with Crippen molar-refractivity contribution in [3.8, 4) is 0 Å². The molecule has 3 atom stereocenters. The number of aliphatic hydroxyl groups excluding tert-OH is 1. The van der Waals surface area contributed by atoms with E-state index in [2.05, 4.69) is 11.9 Å². The number of hydrogen-bond acceptors (Lipinski definition) is 7. The molecule has 0 aliphatic carbocycles. The first-order chi connectivity index (χ1) is 13.4. The summed E-state index contributed by atoms with van der Waals surface area (Å²) in [6.07, 6.45) is 1.86. The van der Waals surface area contributed by atoms with Gasteiger partial charge in [0.2, 0.25) is 0 Å². The molecule has 0 heterocycles. The standard InChI is InChI=1S/C11H19NO4.C6H12O2.C4H10O/c1-5-9(4)16-11(14)12-6-7-15-10(13)8(2)3;1-4-5(2)8-6(3)7;1-3-4(2)5/h9H,2,5-7H2,1,3-4H3,(H,12,14);5H,4H2,1-3H3;4-5H,3H2,1-2H3. The Bertz CT molecular complexity index is 464. The third kappa shape index (κ3) is 28.2. The lowest BCUT2D eigenvalue weighted by atomic mass is 10.3. The predicted octanol–water partition coefficient (Wildman–Crippen LogP) is 3.76. The smallest absolute Gasteiger partial charge is 0.407 e. The first-order valence-electron chi connectivity index (χ1n) is 10.0. The monoisotopic (exact) mass is 419 g/mol. The van der Waals surface area contributed by atoms with Gasteiger partial charge < -0.3 is 24.6 Å². The normalized spacial score (nSPS) is 12.4. The average Bonchev–Trinajstić information content (AvgIpc) is 2.65. The molecule has 0 aliphatic rings. The quantitative estimate of drug-likeness (QED) is 0.253. The Morgan fingerprint density at radius 2 is 1.38 bits per heavy atom. The van der Waals surface area contributed by atoms with Crippen LogP contribution < -0.4 is 5.32 Å². The highest BCUT2D eigenvalue weighted by atomic mass is 16.6. The van der Waals surface area contributed by atoms with Crippen LogP contribution >= 0.6 is 0 Å². The number of carbonyl (C=O) groups is 3. The van der Waals surface area contributed by atoms with E-state index in [-0.39, 0.29) is 37.4 Å². The van der Waals surface area contributed by atoms with Gasteiger partial charge in [0.05, 0.1) is 18.8 Å². The topological polar surface area (TPSA) is 111 Å². The largest absolute Gasteiger partial charge is 0.463 e. The van der Waals surface area contributed by atoms with Gasteiger partial charge in [0.25, 0.3) is 0 Å². The van der Waals surface area contributed by atoms with Crippen molar-refractivity contribution in [1.82, 2.24) is 5.32 Å². The van der Waals surface area contributed by atoms with Crippen molar-refractivity contribution in [3.05, 3.63) is 12.2 Å². The first kappa shape index (κ1) is 31.6. The molecule has 0 radical (unpaired) electrons. The van der Waals surface area contributed by atoms with E-state index in [1.807, 2.05) is 27.7 Å². The zero-order valence-corrected chi connectivity index (χ0v) is 19.4. The summed E-state index contributed by atoms with van der Waals surface area (Å²) in [7, 11) is 0. The number of nitrogens with one attached hydrogen (secondary N) is 1. The van der Waals surface area contributed by atoms with Gasteiger partial charge in [0, 0.05) is 12.5 Å². The Labute approximate surface area is 176 Å². The van der Waals surface area contributed by atoms with E-state index < -0.39 is 12.1 Å². The van der Waals surface area contributed by atoms with Crippen molar-refractivity contribution < 1.29 is 33.7 Å². The molecule has 0 bridgehead atoms. The number of ether oxygens (including phenoxy) is 3. The molecule has 172 valence electrons. The van der Waals surface area contributed by atoms with E-state index >= 15 is 0 Å². The van der Waals surface area contributed by atoms with Gasteiger partial charge in [0.15, 0.2) is 0 Å². The number of rotatable bonds is 9. The summed E-state index contributed by atoms with van der Waals surface area (Å²) in [5.41, 5.74) is 0.335. The van der Waals surface area contributed by atoms with Crippen LogP contribution in [0.15, 0.2) is 12.2 Å². The van der Waals surface area contributed by atoms with Crippen LogP contribution in [0.3, 0.4) is 0 Å². The molecule has 0 rings (SSSR count). The van der Waals surface area contributed by atoms with Gasteiger partial charge in [0.1, 0.15) is 12.7 Å². The second-order valence-electron chi connectivity index (χ2n) is 6.55. The van der Waals surface area contributed by atoms with Crippen molar-refractivity contribution in [1.29, 1.82) is 0 Å². The fourth-order valence-electron chi connectivity index (χ4n) is 1.09. The molecule has 29 heavy (non-hydrogen) atoms. The van der Waals surface area contributed by atoms with Gasteiger partial charge in [-0.2, -0.15) is 0 Å². The molecular weight excluding hydrogens is 378 g/mol. The van der Waals surface area contributed by atoms with Crippen molar-refractivity contribution in [3.63, 3.8) is 0 Å². The molecular formula is C21H41NO7. The predicted molar refractivity (Wildman–Crippen MR) is 114 cm³/mol.